The van der Waals surface area contributed by atoms with Gasteiger partial charge in [0, 0.05) is 32.9 Å². The molecule has 1 aromatic rings. The third kappa shape index (κ3) is 5.16. The summed E-state index contributed by atoms with van der Waals surface area (Å²) in [7, 11) is -0.156. The molecule has 5 nitrogen and oxygen atoms in total. The third-order valence-electron chi connectivity index (χ3n) is 2.84. The molecule has 0 radical (unpaired) electrons. The van der Waals surface area contributed by atoms with Crippen LogP contribution >= 0.6 is 12.2 Å². The molecular formula is C13H20N2O3S2. The predicted octanol–water partition coefficient (Wildman–Crippen LogP) is 1.12. The van der Waals surface area contributed by atoms with Gasteiger partial charge in [0.05, 0.1) is 5.75 Å². The standard InChI is InChI=1S/C13H20N2O3S2/c1-15(20(16,17)8-4-7-18-2)10-11-5-3-6-12(9-11)13(14)19/h3,5-6,9H,4,7-8,10H2,1-2H3,(H2,14,19). The predicted molar refractivity (Wildman–Crippen MR) is 84.1 cm³/mol. The van der Waals surface area contributed by atoms with Gasteiger partial charge < -0.3 is 10.5 Å². The van der Waals surface area contributed by atoms with E-state index in [-0.39, 0.29) is 5.75 Å². The van der Waals surface area contributed by atoms with E-state index in [2.05, 4.69) is 0 Å². The Morgan fingerprint density at radius 2 is 2.15 bits per heavy atom. The summed E-state index contributed by atoms with van der Waals surface area (Å²) in [5, 5.41) is 0. The van der Waals surface area contributed by atoms with E-state index in [1.54, 1.807) is 20.2 Å². The quantitative estimate of drug-likeness (QED) is 0.575. The van der Waals surface area contributed by atoms with Crippen molar-refractivity contribution in [2.75, 3.05) is 26.5 Å². The maximum atomic E-state index is 12.0. The molecule has 0 aliphatic rings. The summed E-state index contributed by atoms with van der Waals surface area (Å²) in [4.78, 5) is 0.303. The Labute approximate surface area is 125 Å². The lowest BCUT2D eigenvalue weighted by Gasteiger charge is -2.17. The van der Waals surface area contributed by atoms with E-state index in [0.717, 1.165) is 11.1 Å². The maximum absolute atomic E-state index is 12.0. The van der Waals surface area contributed by atoms with Gasteiger partial charge in [-0.2, -0.15) is 0 Å². The van der Waals surface area contributed by atoms with Crippen molar-refractivity contribution in [1.82, 2.24) is 4.31 Å². The van der Waals surface area contributed by atoms with Crippen LogP contribution in [-0.4, -0.2) is 44.2 Å². The highest BCUT2D eigenvalue weighted by Gasteiger charge is 2.17. The first kappa shape index (κ1) is 17.0. The van der Waals surface area contributed by atoms with Crippen molar-refractivity contribution in [3.8, 4) is 0 Å². The van der Waals surface area contributed by atoms with Gasteiger partial charge in [-0.15, -0.1) is 0 Å². The van der Waals surface area contributed by atoms with Gasteiger partial charge in [0.25, 0.3) is 0 Å². The summed E-state index contributed by atoms with van der Waals surface area (Å²) in [6.45, 7) is 0.732. The lowest BCUT2D eigenvalue weighted by Crippen LogP contribution is -2.29. The molecular weight excluding hydrogens is 296 g/mol. The van der Waals surface area contributed by atoms with Crippen molar-refractivity contribution in [2.45, 2.75) is 13.0 Å². The minimum Gasteiger partial charge on any atom is -0.389 e. The van der Waals surface area contributed by atoms with Gasteiger partial charge in [0.1, 0.15) is 4.99 Å². The Balaban J connectivity index is 2.72. The number of nitrogens with zero attached hydrogens (tertiary/aromatic N) is 1. The largest absolute Gasteiger partial charge is 0.389 e. The van der Waals surface area contributed by atoms with Crippen molar-refractivity contribution >= 4 is 27.2 Å². The monoisotopic (exact) mass is 316 g/mol. The van der Waals surface area contributed by atoms with E-state index in [1.807, 2.05) is 18.2 Å². The molecule has 0 aromatic heterocycles. The fraction of sp³-hybridized carbons (Fsp3) is 0.462. The molecule has 2 N–H and O–H groups in total. The second kappa shape index (κ2) is 7.68. The highest BCUT2D eigenvalue weighted by molar-refractivity contribution is 7.89. The van der Waals surface area contributed by atoms with Crippen molar-refractivity contribution in [3.63, 3.8) is 0 Å². The summed E-state index contributed by atoms with van der Waals surface area (Å²) in [6, 6.07) is 7.28. The zero-order valence-electron chi connectivity index (χ0n) is 11.7. The van der Waals surface area contributed by atoms with Gasteiger partial charge in [-0.3, -0.25) is 0 Å². The summed E-state index contributed by atoms with van der Waals surface area (Å²) in [5.74, 6) is 0.0757. The first-order valence-electron chi connectivity index (χ1n) is 6.18. The van der Waals surface area contributed by atoms with E-state index < -0.39 is 10.0 Å². The Kier molecular flexibility index (Phi) is 6.54. The molecule has 0 bridgehead atoms. The molecule has 1 aromatic carbocycles. The van der Waals surface area contributed by atoms with Crippen LogP contribution in [0.1, 0.15) is 17.5 Å². The van der Waals surface area contributed by atoms with Crippen molar-refractivity contribution in [2.24, 2.45) is 5.73 Å². The minimum atomic E-state index is -3.27. The van der Waals surface area contributed by atoms with Crippen molar-refractivity contribution in [3.05, 3.63) is 35.4 Å². The Morgan fingerprint density at radius 1 is 1.45 bits per heavy atom. The SMILES string of the molecule is COCCCS(=O)(=O)N(C)Cc1cccc(C(N)=S)c1. The zero-order chi connectivity index (χ0) is 15.2. The number of methoxy groups -OCH3 is 1. The van der Waals surface area contributed by atoms with Crippen LogP contribution in [0.15, 0.2) is 24.3 Å². The first-order chi connectivity index (χ1) is 9.36. The van der Waals surface area contributed by atoms with Crippen LogP contribution in [0.5, 0.6) is 0 Å². The van der Waals surface area contributed by atoms with Crippen molar-refractivity contribution < 1.29 is 13.2 Å². The summed E-state index contributed by atoms with van der Waals surface area (Å²) < 4.78 is 30.3. The second-order valence-corrected chi connectivity index (χ2v) is 7.12. The number of rotatable bonds is 8. The fourth-order valence-corrected chi connectivity index (χ4v) is 2.99. The molecule has 0 aliphatic carbocycles. The van der Waals surface area contributed by atoms with E-state index >= 15 is 0 Å². The van der Waals surface area contributed by atoms with Crippen LogP contribution in [0.3, 0.4) is 0 Å². The van der Waals surface area contributed by atoms with Gasteiger partial charge >= 0.3 is 0 Å². The van der Waals surface area contributed by atoms with E-state index in [0.29, 0.717) is 24.6 Å². The van der Waals surface area contributed by atoms with Crippen molar-refractivity contribution in [1.29, 1.82) is 0 Å². The van der Waals surface area contributed by atoms with Crippen LogP contribution < -0.4 is 5.73 Å². The van der Waals surface area contributed by atoms with E-state index in [1.165, 1.54) is 4.31 Å². The van der Waals surface area contributed by atoms with Gasteiger partial charge in [-0.1, -0.05) is 30.4 Å². The first-order valence-corrected chi connectivity index (χ1v) is 8.20. The summed E-state index contributed by atoms with van der Waals surface area (Å²) >= 11 is 4.91. The number of thiocarbonyl (C=S) groups is 1. The highest BCUT2D eigenvalue weighted by Crippen LogP contribution is 2.11. The average Bonchev–Trinajstić information content (AvgIpc) is 2.39. The number of benzene rings is 1. The average molecular weight is 316 g/mol. The van der Waals surface area contributed by atoms with Crippen LogP contribution in [-0.2, 0) is 21.3 Å². The number of hydrogen-bond donors (Lipinski definition) is 1. The van der Waals surface area contributed by atoms with Crippen LogP contribution in [0.4, 0.5) is 0 Å². The molecule has 0 heterocycles. The van der Waals surface area contributed by atoms with Gasteiger partial charge in [0.2, 0.25) is 10.0 Å². The molecule has 7 heteroatoms. The van der Waals surface area contributed by atoms with Gasteiger partial charge in [0.15, 0.2) is 0 Å². The molecule has 0 spiro atoms. The zero-order valence-corrected chi connectivity index (χ0v) is 13.3. The molecule has 0 amide bonds. The lowest BCUT2D eigenvalue weighted by molar-refractivity contribution is 0.199. The topological polar surface area (TPSA) is 72.6 Å². The lowest BCUT2D eigenvalue weighted by atomic mass is 10.1. The highest BCUT2D eigenvalue weighted by atomic mass is 32.2. The molecule has 0 fully saturated rings. The van der Waals surface area contributed by atoms with Gasteiger partial charge in [-0.05, 0) is 18.1 Å². The molecule has 1 rings (SSSR count). The fourth-order valence-electron chi connectivity index (χ4n) is 1.72. The number of nitrogens with two attached hydrogens (primary N) is 1. The Morgan fingerprint density at radius 3 is 2.75 bits per heavy atom. The number of hydrogen-bond acceptors (Lipinski definition) is 4. The van der Waals surface area contributed by atoms with Gasteiger partial charge in [-0.25, -0.2) is 12.7 Å². The maximum Gasteiger partial charge on any atom is 0.214 e. The third-order valence-corrected chi connectivity index (χ3v) is 4.96. The molecule has 0 aliphatic heterocycles. The Hall–Kier alpha value is -1.02. The van der Waals surface area contributed by atoms with E-state index in [9.17, 15) is 8.42 Å². The Bertz CT molecular complexity index is 558. The molecule has 20 heavy (non-hydrogen) atoms. The summed E-state index contributed by atoms with van der Waals surface area (Å²) in [6.07, 6.45) is 0.482. The molecule has 0 atom stereocenters. The molecule has 0 unspecified atom stereocenters. The molecule has 112 valence electrons. The van der Waals surface area contributed by atoms with Crippen LogP contribution in [0.2, 0.25) is 0 Å². The van der Waals surface area contributed by atoms with Crippen LogP contribution in [0, 0.1) is 0 Å². The van der Waals surface area contributed by atoms with Crippen LogP contribution in [0.25, 0.3) is 0 Å². The second-order valence-electron chi connectivity index (χ2n) is 4.48. The normalized spacial score (nSPS) is 11.8. The minimum absolute atomic E-state index is 0.0757. The number of ether oxygens (including phenoxy) is 1. The van der Waals surface area contributed by atoms with E-state index in [4.69, 9.17) is 22.7 Å². The molecule has 0 saturated carbocycles. The summed E-state index contributed by atoms with van der Waals surface area (Å²) in [5.41, 5.74) is 7.16. The molecule has 0 saturated heterocycles. The number of sulfonamides is 1. The smallest absolute Gasteiger partial charge is 0.214 e.